The van der Waals surface area contributed by atoms with Crippen molar-refractivity contribution in [2.24, 2.45) is 5.41 Å². The Labute approximate surface area is 244 Å². The van der Waals surface area contributed by atoms with Crippen LogP contribution in [0.25, 0.3) is 33.4 Å². The maximum Gasteiger partial charge on any atom is 0.116 e. The van der Waals surface area contributed by atoms with Crippen LogP contribution in [-0.4, -0.2) is 25.1 Å². The summed E-state index contributed by atoms with van der Waals surface area (Å²) in [6, 6.07) is 8.18. The minimum absolute atomic E-state index is 0.0776. The fourth-order valence-electron chi connectivity index (χ4n) is 4.21. The number of aromatic amines is 2. The topological polar surface area (TPSA) is 82.3 Å². The molecule has 0 saturated carbocycles. The van der Waals surface area contributed by atoms with Gasteiger partial charge in [-0.3, -0.25) is 15.1 Å². The van der Waals surface area contributed by atoms with Crippen molar-refractivity contribution >= 4 is 22.0 Å². The van der Waals surface area contributed by atoms with Crippen molar-refractivity contribution in [3.63, 3.8) is 0 Å². The molecule has 6 nitrogen and oxygen atoms in total. The second-order valence-corrected chi connectivity index (χ2v) is 10.4. The predicted molar refractivity (Wildman–Crippen MR) is 175 cm³/mol. The Hall–Kier alpha value is -4.71. The highest BCUT2D eigenvalue weighted by Gasteiger charge is 2.18. The van der Waals surface area contributed by atoms with E-state index in [2.05, 4.69) is 85.0 Å². The van der Waals surface area contributed by atoms with Gasteiger partial charge in [-0.05, 0) is 55.3 Å². The second kappa shape index (κ2) is 13.6. The largest absolute Gasteiger partial charge is 0.359 e. The molecule has 41 heavy (non-hydrogen) atoms. The minimum Gasteiger partial charge on any atom is -0.359 e. The first kappa shape index (κ1) is 30.8. The first-order valence-corrected chi connectivity index (χ1v) is 13.9. The molecule has 0 aliphatic rings. The van der Waals surface area contributed by atoms with Crippen molar-refractivity contribution in [2.45, 2.75) is 48.5 Å². The smallest absolute Gasteiger partial charge is 0.116 e. The molecule has 0 fully saturated rings. The number of fused-ring (bicyclic) bond motifs is 1. The first-order chi connectivity index (χ1) is 19.7. The van der Waals surface area contributed by atoms with E-state index in [9.17, 15) is 0 Å². The van der Waals surface area contributed by atoms with Crippen LogP contribution in [0.3, 0.4) is 0 Å². The molecule has 0 atom stereocenters. The summed E-state index contributed by atoms with van der Waals surface area (Å²) in [7, 11) is 0. The van der Waals surface area contributed by atoms with Crippen LogP contribution < -0.4 is 5.32 Å². The molecule has 0 radical (unpaired) electrons. The van der Waals surface area contributed by atoms with E-state index in [4.69, 9.17) is 4.98 Å². The molecule has 4 aromatic heterocycles. The summed E-state index contributed by atoms with van der Waals surface area (Å²) >= 11 is 0. The summed E-state index contributed by atoms with van der Waals surface area (Å²) in [5, 5.41) is 12.1. The van der Waals surface area contributed by atoms with Gasteiger partial charge in [0.15, 0.2) is 0 Å². The van der Waals surface area contributed by atoms with Crippen molar-refractivity contribution in [1.82, 2.24) is 30.5 Å². The number of hydrogen-bond acceptors (Lipinski definition) is 4. The normalized spacial score (nSPS) is 12.5. The molecular weight excluding hydrogens is 504 g/mol. The zero-order valence-corrected chi connectivity index (χ0v) is 25.4. The van der Waals surface area contributed by atoms with E-state index in [0.717, 1.165) is 67.3 Å². The number of hydrogen-bond donors (Lipinski definition) is 3. The second-order valence-electron chi connectivity index (χ2n) is 10.4. The van der Waals surface area contributed by atoms with Crippen molar-refractivity contribution in [3.05, 3.63) is 127 Å². The molecule has 0 unspecified atom stereocenters. The molecule has 0 spiro atoms. The molecule has 4 heterocycles. The van der Waals surface area contributed by atoms with E-state index in [1.165, 1.54) is 0 Å². The average Bonchev–Trinajstić information content (AvgIpc) is 3.57. The molecule has 0 bridgehead atoms. The molecule has 0 amide bonds. The molecule has 0 aliphatic carbocycles. The van der Waals surface area contributed by atoms with E-state index in [1.807, 2.05) is 63.5 Å². The molecule has 4 aromatic rings. The third kappa shape index (κ3) is 7.09. The Morgan fingerprint density at radius 3 is 2.46 bits per heavy atom. The Morgan fingerprint density at radius 2 is 1.85 bits per heavy atom. The van der Waals surface area contributed by atoms with Crippen LogP contribution in [0.4, 0.5) is 0 Å². The Morgan fingerprint density at radius 1 is 1.10 bits per heavy atom. The minimum atomic E-state index is -0.0776. The number of aryl methyl sites for hydroxylation is 1. The van der Waals surface area contributed by atoms with Gasteiger partial charge in [-0.15, -0.1) is 0 Å². The van der Waals surface area contributed by atoms with Crippen LogP contribution in [-0.2, 0) is 0 Å². The summed E-state index contributed by atoms with van der Waals surface area (Å²) in [4.78, 5) is 12.5. The molecule has 0 aliphatic heterocycles. The molecule has 212 valence electrons. The van der Waals surface area contributed by atoms with E-state index >= 15 is 0 Å². The lowest BCUT2D eigenvalue weighted by molar-refractivity contribution is 0.478. The van der Waals surface area contributed by atoms with Crippen LogP contribution in [0.5, 0.6) is 0 Å². The lowest BCUT2D eigenvalue weighted by atomic mass is 9.92. The quantitative estimate of drug-likeness (QED) is 0.183. The molecule has 4 rings (SSSR count). The van der Waals surface area contributed by atoms with E-state index in [-0.39, 0.29) is 5.41 Å². The van der Waals surface area contributed by atoms with Gasteiger partial charge >= 0.3 is 0 Å². The summed E-state index contributed by atoms with van der Waals surface area (Å²) in [5.41, 5.74) is 10.3. The van der Waals surface area contributed by atoms with Gasteiger partial charge in [0.2, 0.25) is 0 Å². The van der Waals surface area contributed by atoms with Crippen molar-refractivity contribution in [3.8, 4) is 11.4 Å². The van der Waals surface area contributed by atoms with Crippen LogP contribution >= 0.6 is 0 Å². The third-order valence-corrected chi connectivity index (χ3v) is 6.60. The fraction of sp³-hybridized carbons (Fsp3) is 0.229. The van der Waals surface area contributed by atoms with Crippen molar-refractivity contribution in [2.75, 3.05) is 0 Å². The number of pyridine rings is 2. The Balaban J connectivity index is 0.00000226. The summed E-state index contributed by atoms with van der Waals surface area (Å²) in [6.45, 7) is 26.5. The molecule has 6 heteroatoms. The van der Waals surface area contributed by atoms with Gasteiger partial charge in [-0.25, -0.2) is 0 Å². The fourth-order valence-corrected chi connectivity index (χ4v) is 4.21. The molecule has 3 N–H and O–H groups in total. The SMILES string of the molecule is C=C/C=C(/c1cccnc1)c1cc(-c2n[nH]c3cnc(C(/C=C(\C=C)NC(=C)C(C)(C)C)=C/C)cc23)[nH]c1C.CC. The first-order valence-electron chi connectivity index (χ1n) is 13.9. The van der Waals surface area contributed by atoms with Crippen LogP contribution in [0.15, 0.2) is 104 Å². The van der Waals surface area contributed by atoms with E-state index in [1.54, 1.807) is 18.3 Å². The van der Waals surface area contributed by atoms with Gasteiger partial charge in [0.05, 0.1) is 23.1 Å². The van der Waals surface area contributed by atoms with Crippen LogP contribution in [0, 0.1) is 12.3 Å². The van der Waals surface area contributed by atoms with Gasteiger partial charge in [-0.2, -0.15) is 5.10 Å². The number of H-pyrrole nitrogens is 2. The van der Waals surface area contributed by atoms with Crippen molar-refractivity contribution in [1.29, 1.82) is 0 Å². The number of allylic oxidation sites excluding steroid dienone is 7. The van der Waals surface area contributed by atoms with E-state index < -0.39 is 0 Å². The highest BCUT2D eigenvalue weighted by molar-refractivity contribution is 5.95. The molecule has 0 saturated heterocycles. The van der Waals surface area contributed by atoms with Crippen molar-refractivity contribution < 1.29 is 0 Å². The van der Waals surface area contributed by atoms with Gasteiger partial charge in [-0.1, -0.05) is 78.6 Å². The maximum atomic E-state index is 4.71. The number of nitrogens with zero attached hydrogens (tertiary/aromatic N) is 3. The van der Waals surface area contributed by atoms with E-state index in [0.29, 0.717) is 0 Å². The summed E-state index contributed by atoms with van der Waals surface area (Å²) in [5.74, 6) is 0. The standard InChI is InChI=1S/C33H36N6.C2H6/c1-9-13-26(24-14-12-15-34-19-24)27-17-30(36-21(27)4)32-28-18-29(35-20-31(28)38-39-32)23(10-2)16-25(11-3)37-22(5)33(6,7)8;1-2/h9-20,36-37H,1,3,5H2,2,4,6-8H3,(H,38,39);1-2H3/b23-10+,25-16+,26-13-;. The monoisotopic (exact) mass is 546 g/mol. The lowest BCUT2D eigenvalue weighted by Crippen LogP contribution is -2.22. The lowest BCUT2D eigenvalue weighted by Gasteiger charge is -2.23. The number of nitrogens with one attached hydrogen (secondary N) is 3. The maximum absolute atomic E-state index is 4.71. The zero-order chi connectivity index (χ0) is 30.2. The highest BCUT2D eigenvalue weighted by atomic mass is 15.1. The summed E-state index contributed by atoms with van der Waals surface area (Å²) in [6.07, 6.45) is 15.1. The van der Waals surface area contributed by atoms with Gasteiger partial charge in [0, 0.05) is 51.4 Å². The zero-order valence-electron chi connectivity index (χ0n) is 25.4. The van der Waals surface area contributed by atoms with Gasteiger partial charge < -0.3 is 10.3 Å². The average molecular weight is 547 g/mol. The number of aromatic nitrogens is 5. The van der Waals surface area contributed by atoms with Crippen LogP contribution in [0.1, 0.15) is 64.1 Å². The van der Waals surface area contributed by atoms with Gasteiger partial charge in [0.1, 0.15) is 5.69 Å². The highest BCUT2D eigenvalue weighted by Crippen LogP contribution is 2.33. The van der Waals surface area contributed by atoms with Gasteiger partial charge in [0.25, 0.3) is 0 Å². The van der Waals surface area contributed by atoms with Crippen LogP contribution in [0.2, 0.25) is 0 Å². The molecular formula is C35H42N6. The Kier molecular flexibility index (Phi) is 10.2. The predicted octanol–water partition coefficient (Wildman–Crippen LogP) is 8.92. The third-order valence-electron chi connectivity index (χ3n) is 6.60. The summed E-state index contributed by atoms with van der Waals surface area (Å²) < 4.78 is 0. The molecule has 0 aromatic carbocycles. The Bertz CT molecular complexity index is 1620. The number of rotatable bonds is 9.